The summed E-state index contributed by atoms with van der Waals surface area (Å²) in [4.78, 5) is 2.52. The van der Waals surface area contributed by atoms with Crippen molar-refractivity contribution in [2.75, 3.05) is 26.2 Å². The number of nitrogens with one attached hydrogen (secondary N) is 1. The largest absolute Gasteiger partial charge is 0.373 e. The molecular weight excluding hydrogens is 200 g/mol. The minimum absolute atomic E-state index is 0.00818. The van der Waals surface area contributed by atoms with Crippen LogP contribution in [-0.2, 0) is 4.74 Å². The zero-order valence-corrected chi connectivity index (χ0v) is 11.8. The van der Waals surface area contributed by atoms with Gasteiger partial charge in [-0.3, -0.25) is 4.90 Å². The summed E-state index contributed by atoms with van der Waals surface area (Å²) in [5.74, 6) is 0. The SMILES string of the molecule is CC(CNC(C)(C)C)N1CCOC(C)(C)C1. The predicted molar refractivity (Wildman–Crippen MR) is 68.8 cm³/mol. The average Bonchev–Trinajstić information content (AvgIpc) is 2.11. The van der Waals surface area contributed by atoms with E-state index in [0.29, 0.717) is 6.04 Å². The third kappa shape index (κ3) is 4.81. The molecule has 1 unspecified atom stereocenters. The van der Waals surface area contributed by atoms with E-state index in [9.17, 15) is 0 Å². The van der Waals surface area contributed by atoms with Crippen molar-refractivity contribution < 1.29 is 4.74 Å². The number of hydrogen-bond donors (Lipinski definition) is 1. The van der Waals surface area contributed by atoms with Crippen molar-refractivity contribution in [2.45, 2.75) is 58.7 Å². The third-order valence-electron chi connectivity index (χ3n) is 3.01. The van der Waals surface area contributed by atoms with Crippen LogP contribution in [0.2, 0.25) is 0 Å². The molecule has 1 atom stereocenters. The van der Waals surface area contributed by atoms with Gasteiger partial charge in [0.25, 0.3) is 0 Å². The van der Waals surface area contributed by atoms with E-state index >= 15 is 0 Å². The van der Waals surface area contributed by atoms with Crippen LogP contribution in [0.4, 0.5) is 0 Å². The summed E-state index contributed by atoms with van der Waals surface area (Å²) < 4.78 is 5.73. The van der Waals surface area contributed by atoms with Crippen molar-refractivity contribution in [3.8, 4) is 0 Å². The van der Waals surface area contributed by atoms with Gasteiger partial charge >= 0.3 is 0 Å². The molecule has 1 N–H and O–H groups in total. The average molecular weight is 228 g/mol. The Bertz CT molecular complexity index is 220. The highest BCUT2D eigenvalue weighted by Gasteiger charge is 2.29. The van der Waals surface area contributed by atoms with Crippen LogP contribution >= 0.6 is 0 Å². The highest BCUT2D eigenvalue weighted by Crippen LogP contribution is 2.18. The molecule has 0 aromatic rings. The maximum Gasteiger partial charge on any atom is 0.0753 e. The van der Waals surface area contributed by atoms with Crippen molar-refractivity contribution in [3.05, 3.63) is 0 Å². The Hall–Kier alpha value is -0.120. The molecule has 0 bridgehead atoms. The van der Waals surface area contributed by atoms with E-state index in [0.717, 1.165) is 26.2 Å². The lowest BCUT2D eigenvalue weighted by atomic mass is 10.0. The van der Waals surface area contributed by atoms with Gasteiger partial charge in [-0.2, -0.15) is 0 Å². The second-order valence-corrected chi connectivity index (χ2v) is 6.56. The second-order valence-electron chi connectivity index (χ2n) is 6.56. The molecule has 1 fully saturated rings. The molecule has 0 spiro atoms. The number of ether oxygens (including phenoxy) is 1. The third-order valence-corrected chi connectivity index (χ3v) is 3.01. The van der Waals surface area contributed by atoms with Gasteiger partial charge in [-0.05, 0) is 41.5 Å². The fourth-order valence-corrected chi connectivity index (χ4v) is 2.01. The van der Waals surface area contributed by atoms with Gasteiger partial charge < -0.3 is 10.1 Å². The van der Waals surface area contributed by atoms with Gasteiger partial charge in [0.2, 0.25) is 0 Å². The first kappa shape index (κ1) is 13.9. The molecular formula is C13H28N2O. The fourth-order valence-electron chi connectivity index (χ4n) is 2.01. The predicted octanol–water partition coefficient (Wildman–Crippen LogP) is 1.87. The van der Waals surface area contributed by atoms with Gasteiger partial charge in [0, 0.05) is 31.2 Å². The molecule has 1 aliphatic rings. The van der Waals surface area contributed by atoms with Gasteiger partial charge in [0.05, 0.1) is 12.2 Å². The van der Waals surface area contributed by atoms with E-state index in [1.165, 1.54) is 0 Å². The lowest BCUT2D eigenvalue weighted by Crippen LogP contribution is -2.54. The quantitative estimate of drug-likeness (QED) is 0.798. The Morgan fingerprint density at radius 2 is 2.00 bits per heavy atom. The molecule has 0 amide bonds. The van der Waals surface area contributed by atoms with Crippen molar-refractivity contribution in [3.63, 3.8) is 0 Å². The van der Waals surface area contributed by atoms with Gasteiger partial charge in [0.1, 0.15) is 0 Å². The van der Waals surface area contributed by atoms with E-state index in [1.807, 2.05) is 0 Å². The van der Waals surface area contributed by atoms with Crippen LogP contribution in [0.15, 0.2) is 0 Å². The number of rotatable bonds is 3. The van der Waals surface area contributed by atoms with Gasteiger partial charge in [-0.1, -0.05) is 0 Å². The van der Waals surface area contributed by atoms with Crippen molar-refractivity contribution in [1.29, 1.82) is 0 Å². The molecule has 0 radical (unpaired) electrons. The van der Waals surface area contributed by atoms with Crippen LogP contribution in [-0.4, -0.2) is 48.3 Å². The monoisotopic (exact) mass is 228 g/mol. The van der Waals surface area contributed by atoms with Crippen molar-refractivity contribution in [1.82, 2.24) is 10.2 Å². The summed E-state index contributed by atoms with van der Waals surface area (Å²) in [5, 5.41) is 3.56. The van der Waals surface area contributed by atoms with E-state index in [-0.39, 0.29) is 11.1 Å². The van der Waals surface area contributed by atoms with Crippen molar-refractivity contribution in [2.24, 2.45) is 0 Å². The molecule has 96 valence electrons. The summed E-state index contributed by atoms with van der Waals surface area (Å²) >= 11 is 0. The Kier molecular flexibility index (Phi) is 4.38. The maximum atomic E-state index is 5.73. The first-order chi connectivity index (χ1) is 7.20. The van der Waals surface area contributed by atoms with E-state index < -0.39 is 0 Å². The number of hydrogen-bond acceptors (Lipinski definition) is 3. The van der Waals surface area contributed by atoms with E-state index in [4.69, 9.17) is 4.74 Å². The van der Waals surface area contributed by atoms with Crippen LogP contribution in [0.3, 0.4) is 0 Å². The molecule has 1 aliphatic heterocycles. The molecule has 0 saturated carbocycles. The second kappa shape index (κ2) is 5.03. The van der Waals surface area contributed by atoms with E-state index in [2.05, 4.69) is 51.8 Å². The Balaban J connectivity index is 2.39. The molecule has 3 heteroatoms. The lowest BCUT2D eigenvalue weighted by Gasteiger charge is -2.41. The van der Waals surface area contributed by atoms with E-state index in [1.54, 1.807) is 0 Å². The van der Waals surface area contributed by atoms with Crippen LogP contribution in [0.1, 0.15) is 41.5 Å². The zero-order chi connectivity index (χ0) is 12.4. The summed E-state index contributed by atoms with van der Waals surface area (Å²) in [7, 11) is 0. The number of morpholine rings is 1. The first-order valence-electron chi connectivity index (χ1n) is 6.33. The number of nitrogens with zero attached hydrogens (tertiary/aromatic N) is 1. The maximum absolute atomic E-state index is 5.73. The minimum atomic E-state index is 0.00818. The van der Waals surface area contributed by atoms with Gasteiger partial charge in [-0.25, -0.2) is 0 Å². The topological polar surface area (TPSA) is 24.5 Å². The molecule has 0 aliphatic carbocycles. The molecule has 3 nitrogen and oxygen atoms in total. The van der Waals surface area contributed by atoms with Crippen LogP contribution in [0.5, 0.6) is 0 Å². The molecule has 1 saturated heterocycles. The highest BCUT2D eigenvalue weighted by atomic mass is 16.5. The summed E-state index contributed by atoms with van der Waals surface area (Å²) in [6.07, 6.45) is 0. The Morgan fingerprint density at radius 3 is 2.50 bits per heavy atom. The first-order valence-corrected chi connectivity index (χ1v) is 6.33. The van der Waals surface area contributed by atoms with Gasteiger partial charge in [-0.15, -0.1) is 0 Å². The summed E-state index contributed by atoms with van der Waals surface area (Å²) in [6, 6.07) is 0.572. The molecule has 1 heterocycles. The zero-order valence-electron chi connectivity index (χ0n) is 11.8. The smallest absolute Gasteiger partial charge is 0.0753 e. The Labute approximate surface area is 101 Å². The molecule has 16 heavy (non-hydrogen) atoms. The van der Waals surface area contributed by atoms with Gasteiger partial charge in [0.15, 0.2) is 0 Å². The summed E-state index contributed by atoms with van der Waals surface area (Å²) in [5.41, 5.74) is 0.213. The standard InChI is InChI=1S/C13H28N2O/c1-11(9-14-12(2,3)4)15-7-8-16-13(5,6)10-15/h11,14H,7-10H2,1-6H3. The highest BCUT2D eigenvalue weighted by molar-refractivity contribution is 4.84. The van der Waals surface area contributed by atoms with Crippen LogP contribution in [0, 0.1) is 0 Å². The molecule has 0 aromatic carbocycles. The van der Waals surface area contributed by atoms with Crippen LogP contribution < -0.4 is 5.32 Å². The lowest BCUT2D eigenvalue weighted by molar-refractivity contribution is -0.0953. The normalized spacial score (nSPS) is 24.4. The molecule has 1 rings (SSSR count). The fraction of sp³-hybridized carbons (Fsp3) is 1.00. The Morgan fingerprint density at radius 1 is 1.38 bits per heavy atom. The van der Waals surface area contributed by atoms with Crippen molar-refractivity contribution >= 4 is 0 Å². The van der Waals surface area contributed by atoms with Crippen LogP contribution in [0.25, 0.3) is 0 Å². The minimum Gasteiger partial charge on any atom is -0.373 e. The molecule has 0 aromatic heterocycles. The summed E-state index contributed by atoms with van der Waals surface area (Å²) in [6.45, 7) is 17.2.